The Hall–Kier alpha value is -2.63. The average Bonchev–Trinajstić information content (AvgIpc) is 3.12. The van der Waals surface area contributed by atoms with Gasteiger partial charge in [0.1, 0.15) is 0 Å². The van der Waals surface area contributed by atoms with Gasteiger partial charge in [-0.2, -0.15) is 5.10 Å². The van der Waals surface area contributed by atoms with E-state index in [1.807, 2.05) is 30.3 Å². The predicted octanol–water partition coefficient (Wildman–Crippen LogP) is 2.12. The van der Waals surface area contributed by atoms with Gasteiger partial charge in [-0.25, -0.2) is 4.68 Å². The molecule has 6 heteroatoms. The highest BCUT2D eigenvalue weighted by Gasteiger charge is 2.42. The maximum atomic E-state index is 12.7. The fourth-order valence-electron chi connectivity index (χ4n) is 2.86. The average molecular weight is 313 g/mol. The maximum Gasteiger partial charge on any atom is 0.311 e. The quantitative estimate of drug-likeness (QED) is 0.942. The lowest BCUT2D eigenvalue weighted by Crippen LogP contribution is -2.35. The third-order valence-corrected chi connectivity index (χ3v) is 4.43. The molecule has 3 rings (SSSR count). The summed E-state index contributed by atoms with van der Waals surface area (Å²) in [5.41, 5.74) is 1.18. The number of nitrogens with zero attached hydrogens (tertiary/aromatic N) is 3. The first kappa shape index (κ1) is 15.3. The van der Waals surface area contributed by atoms with Crippen molar-refractivity contribution in [3.63, 3.8) is 0 Å². The highest BCUT2D eigenvalue weighted by atomic mass is 16.4. The molecule has 0 spiro atoms. The summed E-state index contributed by atoms with van der Waals surface area (Å²) in [4.78, 5) is 25.6. The van der Waals surface area contributed by atoms with Gasteiger partial charge in [-0.1, -0.05) is 18.2 Å². The molecule has 1 aliphatic rings. The summed E-state index contributed by atoms with van der Waals surface area (Å²) in [6.07, 6.45) is 2.18. The molecule has 1 atom stereocenters. The second-order valence-electron chi connectivity index (χ2n) is 6.25. The van der Waals surface area contributed by atoms with Crippen molar-refractivity contribution in [2.45, 2.75) is 20.3 Å². The first-order valence-corrected chi connectivity index (χ1v) is 7.55. The summed E-state index contributed by atoms with van der Waals surface area (Å²) >= 11 is 0. The van der Waals surface area contributed by atoms with E-state index in [9.17, 15) is 14.7 Å². The molecule has 0 unspecified atom stereocenters. The summed E-state index contributed by atoms with van der Waals surface area (Å²) < 4.78 is 1.68. The number of aliphatic carboxylic acids is 1. The van der Waals surface area contributed by atoms with Crippen LogP contribution in [0.1, 0.15) is 29.4 Å². The van der Waals surface area contributed by atoms with E-state index in [0.717, 1.165) is 5.69 Å². The minimum atomic E-state index is -0.862. The summed E-state index contributed by atoms with van der Waals surface area (Å²) in [5, 5.41) is 13.7. The zero-order valence-corrected chi connectivity index (χ0v) is 13.2. The van der Waals surface area contributed by atoms with Crippen molar-refractivity contribution < 1.29 is 14.7 Å². The normalized spacial score (nSPS) is 20.7. The number of carbonyl (C=O) groups is 2. The van der Waals surface area contributed by atoms with Gasteiger partial charge in [0.15, 0.2) is 0 Å². The molecule has 1 N–H and O–H groups in total. The number of hydrogen-bond donors (Lipinski definition) is 1. The molecular formula is C17H19N3O3. The molecule has 0 aliphatic carbocycles. The van der Waals surface area contributed by atoms with E-state index in [-0.39, 0.29) is 12.5 Å². The van der Waals surface area contributed by atoms with E-state index in [4.69, 9.17) is 0 Å². The lowest BCUT2D eigenvalue weighted by Gasteiger charge is -2.19. The number of likely N-dealkylation sites (tertiary alicyclic amines) is 1. The Labute approximate surface area is 134 Å². The van der Waals surface area contributed by atoms with Gasteiger partial charge in [-0.05, 0) is 32.4 Å². The smallest absolute Gasteiger partial charge is 0.311 e. The molecular weight excluding hydrogens is 294 g/mol. The summed E-state index contributed by atoms with van der Waals surface area (Å²) in [7, 11) is 0. The monoisotopic (exact) mass is 313 g/mol. The second-order valence-corrected chi connectivity index (χ2v) is 6.25. The van der Waals surface area contributed by atoms with Gasteiger partial charge in [0.25, 0.3) is 5.91 Å². The van der Waals surface area contributed by atoms with Crippen LogP contribution in [0, 0.1) is 12.3 Å². The second kappa shape index (κ2) is 5.53. The molecule has 2 heterocycles. The molecule has 1 aliphatic heterocycles. The number of carboxylic acid groups (broad SMARTS) is 1. The first-order valence-electron chi connectivity index (χ1n) is 7.55. The SMILES string of the molecule is Cc1nn(-c2ccccc2)cc1C(=O)N1CC[C@@](C)(C(=O)O)C1. The van der Waals surface area contributed by atoms with Crippen LogP contribution in [0.15, 0.2) is 36.5 Å². The van der Waals surface area contributed by atoms with Crippen LogP contribution in [0.25, 0.3) is 5.69 Å². The van der Waals surface area contributed by atoms with Gasteiger partial charge >= 0.3 is 5.97 Å². The Kier molecular flexibility index (Phi) is 3.67. The number of amides is 1. The number of hydrogen-bond acceptors (Lipinski definition) is 3. The lowest BCUT2D eigenvalue weighted by molar-refractivity contribution is -0.147. The van der Waals surface area contributed by atoms with E-state index in [0.29, 0.717) is 24.2 Å². The fourth-order valence-corrected chi connectivity index (χ4v) is 2.86. The molecule has 23 heavy (non-hydrogen) atoms. The highest BCUT2D eigenvalue weighted by Crippen LogP contribution is 2.31. The van der Waals surface area contributed by atoms with Crippen LogP contribution in [0.4, 0.5) is 0 Å². The van der Waals surface area contributed by atoms with Gasteiger partial charge in [-0.3, -0.25) is 9.59 Å². The third kappa shape index (κ3) is 2.72. The van der Waals surface area contributed by atoms with E-state index in [1.165, 1.54) is 0 Å². The number of carboxylic acids is 1. The van der Waals surface area contributed by atoms with Crippen molar-refractivity contribution in [1.82, 2.24) is 14.7 Å². The van der Waals surface area contributed by atoms with Crippen LogP contribution in [-0.4, -0.2) is 44.8 Å². The Morgan fingerprint density at radius 1 is 1.26 bits per heavy atom. The number of aryl methyl sites for hydroxylation is 1. The van der Waals surface area contributed by atoms with Crippen LogP contribution < -0.4 is 0 Å². The lowest BCUT2D eigenvalue weighted by atomic mass is 9.90. The van der Waals surface area contributed by atoms with Gasteiger partial charge < -0.3 is 10.0 Å². The van der Waals surface area contributed by atoms with Crippen molar-refractivity contribution in [3.8, 4) is 5.69 Å². The fraction of sp³-hybridized carbons (Fsp3) is 0.353. The van der Waals surface area contributed by atoms with Crippen LogP contribution >= 0.6 is 0 Å². The van der Waals surface area contributed by atoms with Gasteiger partial charge in [0.2, 0.25) is 0 Å². The molecule has 2 aromatic rings. The van der Waals surface area contributed by atoms with Crippen LogP contribution in [0.5, 0.6) is 0 Å². The molecule has 120 valence electrons. The summed E-state index contributed by atoms with van der Waals surface area (Å²) in [6, 6.07) is 9.57. The van der Waals surface area contributed by atoms with E-state index in [1.54, 1.807) is 29.6 Å². The molecule has 1 fully saturated rings. The topological polar surface area (TPSA) is 75.4 Å². The van der Waals surface area contributed by atoms with E-state index in [2.05, 4.69) is 5.10 Å². The molecule has 1 saturated heterocycles. The zero-order chi connectivity index (χ0) is 16.6. The number of rotatable bonds is 3. The Balaban J connectivity index is 1.84. The van der Waals surface area contributed by atoms with E-state index >= 15 is 0 Å². The molecule has 0 radical (unpaired) electrons. The number of benzene rings is 1. The Morgan fingerprint density at radius 2 is 1.96 bits per heavy atom. The van der Waals surface area contributed by atoms with Crippen LogP contribution in [-0.2, 0) is 4.79 Å². The zero-order valence-electron chi connectivity index (χ0n) is 13.2. The van der Waals surface area contributed by atoms with Gasteiger partial charge in [0.05, 0.1) is 22.4 Å². The van der Waals surface area contributed by atoms with Gasteiger partial charge in [-0.15, -0.1) is 0 Å². The third-order valence-electron chi connectivity index (χ3n) is 4.43. The summed E-state index contributed by atoms with van der Waals surface area (Å²) in [6.45, 7) is 4.16. The minimum absolute atomic E-state index is 0.158. The van der Waals surface area contributed by atoms with Crippen LogP contribution in [0.2, 0.25) is 0 Å². The van der Waals surface area contributed by atoms with Crippen molar-refractivity contribution in [1.29, 1.82) is 0 Å². The van der Waals surface area contributed by atoms with Gasteiger partial charge in [0, 0.05) is 19.3 Å². The standard InChI is InChI=1S/C17H19N3O3/c1-12-14(10-20(18-12)13-6-4-3-5-7-13)15(21)19-9-8-17(2,11-19)16(22)23/h3-7,10H,8-9,11H2,1-2H3,(H,22,23)/t17-/m1/s1. The van der Waals surface area contributed by atoms with Crippen molar-refractivity contribution in [2.24, 2.45) is 5.41 Å². The molecule has 0 bridgehead atoms. The molecule has 6 nitrogen and oxygen atoms in total. The number of aromatic nitrogens is 2. The van der Waals surface area contributed by atoms with E-state index < -0.39 is 11.4 Å². The molecule has 1 aromatic carbocycles. The Morgan fingerprint density at radius 3 is 2.57 bits per heavy atom. The highest BCUT2D eigenvalue weighted by molar-refractivity contribution is 5.96. The number of carbonyl (C=O) groups excluding carboxylic acids is 1. The van der Waals surface area contributed by atoms with Crippen molar-refractivity contribution in [2.75, 3.05) is 13.1 Å². The number of para-hydroxylation sites is 1. The molecule has 1 aromatic heterocycles. The Bertz CT molecular complexity index is 754. The largest absolute Gasteiger partial charge is 0.481 e. The first-order chi connectivity index (χ1) is 10.9. The molecule has 0 saturated carbocycles. The van der Waals surface area contributed by atoms with Crippen LogP contribution in [0.3, 0.4) is 0 Å². The maximum absolute atomic E-state index is 12.7. The molecule has 1 amide bonds. The van der Waals surface area contributed by atoms with Crippen molar-refractivity contribution in [3.05, 3.63) is 47.8 Å². The van der Waals surface area contributed by atoms with Crippen molar-refractivity contribution >= 4 is 11.9 Å². The predicted molar refractivity (Wildman–Crippen MR) is 84.6 cm³/mol. The summed E-state index contributed by atoms with van der Waals surface area (Å²) in [5.74, 6) is -1.01. The minimum Gasteiger partial charge on any atom is -0.481 e.